The van der Waals surface area contributed by atoms with Gasteiger partial charge in [-0.1, -0.05) is 18.2 Å². The normalized spacial score (nSPS) is 10.7. The number of nitrogens with zero attached hydrogens (tertiary/aromatic N) is 2. The van der Waals surface area contributed by atoms with E-state index in [2.05, 4.69) is 18.9 Å². The Bertz CT molecular complexity index is 512. The Morgan fingerprint density at radius 1 is 1.25 bits per heavy atom. The van der Waals surface area contributed by atoms with Crippen LogP contribution in [-0.4, -0.2) is 9.78 Å². The Morgan fingerprint density at radius 2 is 1.94 bits per heavy atom. The molecule has 0 fully saturated rings. The fourth-order valence-corrected chi connectivity index (χ4v) is 2.12. The number of benzene rings is 1. The second-order valence-corrected chi connectivity index (χ2v) is 3.95. The van der Waals surface area contributed by atoms with E-state index in [4.69, 9.17) is 5.73 Å². The second-order valence-electron chi connectivity index (χ2n) is 3.95. The summed E-state index contributed by atoms with van der Waals surface area (Å²) in [7, 11) is 0. The summed E-state index contributed by atoms with van der Waals surface area (Å²) in [6.07, 6.45) is 0. The van der Waals surface area contributed by atoms with Gasteiger partial charge in [0.25, 0.3) is 0 Å². The monoisotopic (exact) mass is 215 g/mol. The van der Waals surface area contributed by atoms with Crippen molar-refractivity contribution in [3.63, 3.8) is 0 Å². The van der Waals surface area contributed by atoms with Crippen LogP contribution < -0.4 is 5.73 Å². The van der Waals surface area contributed by atoms with E-state index < -0.39 is 0 Å². The first-order chi connectivity index (χ1) is 7.65. The summed E-state index contributed by atoms with van der Waals surface area (Å²) in [6, 6.07) is 7.94. The highest BCUT2D eigenvalue weighted by atomic mass is 15.3. The quantitative estimate of drug-likeness (QED) is 0.783. The molecule has 3 nitrogen and oxygen atoms in total. The first-order valence-corrected chi connectivity index (χ1v) is 5.54. The third kappa shape index (κ3) is 1.58. The van der Waals surface area contributed by atoms with Crippen LogP contribution in [0.1, 0.15) is 18.3 Å². The maximum Gasteiger partial charge on any atom is 0.0675 e. The molecule has 0 saturated heterocycles. The fraction of sp³-hybridized carbons (Fsp3) is 0.308. The number of aryl methyl sites for hydroxylation is 2. The molecule has 1 heterocycles. The van der Waals surface area contributed by atoms with Gasteiger partial charge in [0.15, 0.2) is 0 Å². The SMILES string of the molecule is CCn1nc(C)c(-c2ccccc2N)c1C. The van der Waals surface area contributed by atoms with Crippen molar-refractivity contribution in [1.82, 2.24) is 9.78 Å². The molecular weight excluding hydrogens is 198 g/mol. The van der Waals surface area contributed by atoms with Gasteiger partial charge in [0.2, 0.25) is 0 Å². The predicted molar refractivity (Wildman–Crippen MR) is 67.2 cm³/mol. The van der Waals surface area contributed by atoms with Gasteiger partial charge < -0.3 is 5.73 Å². The minimum absolute atomic E-state index is 0.810. The molecule has 0 bridgehead atoms. The van der Waals surface area contributed by atoms with E-state index in [1.807, 2.05) is 35.9 Å². The van der Waals surface area contributed by atoms with Gasteiger partial charge in [-0.25, -0.2) is 0 Å². The van der Waals surface area contributed by atoms with Gasteiger partial charge in [0.1, 0.15) is 0 Å². The maximum atomic E-state index is 6.00. The zero-order valence-corrected chi connectivity index (χ0v) is 9.99. The van der Waals surface area contributed by atoms with Crippen LogP contribution in [0.25, 0.3) is 11.1 Å². The van der Waals surface area contributed by atoms with Crippen LogP contribution in [0, 0.1) is 13.8 Å². The third-order valence-corrected chi connectivity index (χ3v) is 2.91. The lowest BCUT2D eigenvalue weighted by molar-refractivity contribution is 0.634. The van der Waals surface area contributed by atoms with Crippen molar-refractivity contribution in [3.05, 3.63) is 35.7 Å². The molecule has 3 heteroatoms. The Morgan fingerprint density at radius 3 is 2.50 bits per heavy atom. The zero-order valence-electron chi connectivity index (χ0n) is 9.99. The van der Waals surface area contributed by atoms with Gasteiger partial charge in [-0.15, -0.1) is 0 Å². The second kappa shape index (κ2) is 4.00. The van der Waals surface area contributed by atoms with Gasteiger partial charge in [-0.3, -0.25) is 4.68 Å². The van der Waals surface area contributed by atoms with E-state index in [1.165, 1.54) is 11.3 Å². The zero-order chi connectivity index (χ0) is 11.7. The number of nitrogens with two attached hydrogens (primary N) is 1. The Labute approximate surface area is 95.9 Å². The largest absolute Gasteiger partial charge is 0.398 e. The molecule has 0 amide bonds. The first kappa shape index (κ1) is 10.7. The molecule has 0 atom stereocenters. The molecule has 1 aromatic heterocycles. The predicted octanol–water partition coefficient (Wildman–Crippen LogP) is 2.77. The van der Waals surface area contributed by atoms with Crippen LogP contribution in [0.15, 0.2) is 24.3 Å². The molecule has 0 spiro atoms. The molecule has 16 heavy (non-hydrogen) atoms. The van der Waals surface area contributed by atoms with Crippen molar-refractivity contribution >= 4 is 5.69 Å². The molecule has 2 aromatic rings. The lowest BCUT2D eigenvalue weighted by Crippen LogP contribution is -1.99. The van der Waals surface area contributed by atoms with Gasteiger partial charge in [-0.2, -0.15) is 5.10 Å². The van der Waals surface area contributed by atoms with E-state index in [-0.39, 0.29) is 0 Å². The minimum Gasteiger partial charge on any atom is -0.398 e. The molecule has 2 rings (SSSR count). The molecule has 2 N–H and O–H groups in total. The third-order valence-electron chi connectivity index (χ3n) is 2.91. The Kier molecular flexibility index (Phi) is 2.69. The fourth-order valence-electron chi connectivity index (χ4n) is 2.12. The molecule has 0 radical (unpaired) electrons. The van der Waals surface area contributed by atoms with Crippen molar-refractivity contribution < 1.29 is 0 Å². The molecular formula is C13H17N3. The average Bonchev–Trinajstić information content (AvgIpc) is 2.55. The van der Waals surface area contributed by atoms with Gasteiger partial charge >= 0.3 is 0 Å². The summed E-state index contributed by atoms with van der Waals surface area (Å²) in [5.74, 6) is 0. The summed E-state index contributed by atoms with van der Waals surface area (Å²) in [5, 5.41) is 4.51. The van der Waals surface area contributed by atoms with Gasteiger partial charge in [0.05, 0.1) is 5.69 Å². The number of hydrogen-bond donors (Lipinski definition) is 1. The minimum atomic E-state index is 0.810. The van der Waals surface area contributed by atoms with Crippen LogP contribution in [0.5, 0.6) is 0 Å². The van der Waals surface area contributed by atoms with Crippen molar-refractivity contribution in [2.75, 3.05) is 5.73 Å². The van der Waals surface area contributed by atoms with Crippen LogP contribution in [0.2, 0.25) is 0 Å². The van der Waals surface area contributed by atoms with Gasteiger partial charge in [0, 0.05) is 29.1 Å². The van der Waals surface area contributed by atoms with Crippen molar-refractivity contribution in [1.29, 1.82) is 0 Å². The smallest absolute Gasteiger partial charge is 0.0675 e. The lowest BCUT2D eigenvalue weighted by atomic mass is 10.0. The topological polar surface area (TPSA) is 43.8 Å². The van der Waals surface area contributed by atoms with Gasteiger partial charge in [-0.05, 0) is 26.8 Å². The first-order valence-electron chi connectivity index (χ1n) is 5.54. The highest BCUT2D eigenvalue weighted by molar-refractivity contribution is 5.79. The van der Waals surface area contributed by atoms with Crippen LogP contribution in [-0.2, 0) is 6.54 Å². The van der Waals surface area contributed by atoms with Crippen molar-refractivity contribution in [2.24, 2.45) is 0 Å². The number of aromatic nitrogens is 2. The summed E-state index contributed by atoms with van der Waals surface area (Å²) in [6.45, 7) is 7.10. The molecule has 0 aliphatic heterocycles. The maximum absolute atomic E-state index is 6.00. The number of hydrogen-bond acceptors (Lipinski definition) is 2. The molecule has 0 saturated carbocycles. The van der Waals surface area contributed by atoms with E-state index in [1.54, 1.807) is 0 Å². The molecule has 1 aromatic carbocycles. The number of nitrogen functional groups attached to an aromatic ring is 1. The summed E-state index contributed by atoms with van der Waals surface area (Å²) < 4.78 is 2.01. The Balaban J connectivity index is 2.65. The number of para-hydroxylation sites is 1. The van der Waals surface area contributed by atoms with Crippen LogP contribution in [0.4, 0.5) is 5.69 Å². The molecule has 0 aliphatic rings. The summed E-state index contributed by atoms with van der Waals surface area (Å²) in [4.78, 5) is 0. The Hall–Kier alpha value is -1.77. The summed E-state index contributed by atoms with van der Waals surface area (Å²) >= 11 is 0. The molecule has 84 valence electrons. The highest BCUT2D eigenvalue weighted by Gasteiger charge is 2.13. The highest BCUT2D eigenvalue weighted by Crippen LogP contribution is 2.30. The molecule has 0 unspecified atom stereocenters. The van der Waals surface area contributed by atoms with Crippen molar-refractivity contribution in [3.8, 4) is 11.1 Å². The average molecular weight is 215 g/mol. The van der Waals surface area contributed by atoms with Crippen LogP contribution >= 0.6 is 0 Å². The van der Waals surface area contributed by atoms with Crippen molar-refractivity contribution in [2.45, 2.75) is 27.3 Å². The standard InChI is InChI=1S/C13H17N3/c1-4-16-10(3)13(9(2)15-16)11-7-5-6-8-12(11)14/h5-8H,4,14H2,1-3H3. The van der Waals surface area contributed by atoms with E-state index >= 15 is 0 Å². The number of rotatable bonds is 2. The van der Waals surface area contributed by atoms with E-state index in [9.17, 15) is 0 Å². The van der Waals surface area contributed by atoms with E-state index in [0.717, 1.165) is 23.5 Å². The van der Waals surface area contributed by atoms with Crippen LogP contribution in [0.3, 0.4) is 0 Å². The van der Waals surface area contributed by atoms with E-state index in [0.29, 0.717) is 0 Å². The lowest BCUT2D eigenvalue weighted by Gasteiger charge is -2.06. The number of anilines is 1. The summed E-state index contributed by atoms with van der Waals surface area (Å²) in [5.41, 5.74) is 11.3. The molecule has 0 aliphatic carbocycles.